The van der Waals surface area contributed by atoms with Crippen molar-refractivity contribution in [1.29, 1.82) is 0 Å². The van der Waals surface area contributed by atoms with Crippen LogP contribution in [0.5, 0.6) is 0 Å². The molecule has 0 radical (unpaired) electrons. The van der Waals surface area contributed by atoms with Gasteiger partial charge >= 0.3 is 13.3 Å². The molecule has 3 aromatic rings. The minimum Gasteiger partial charge on any atom is -0.304 e. The summed E-state index contributed by atoms with van der Waals surface area (Å²) in [6, 6.07) is 16.6. The van der Waals surface area contributed by atoms with E-state index in [1.165, 1.54) is 19.9 Å². The molecule has 0 aliphatic heterocycles. The van der Waals surface area contributed by atoms with E-state index in [0.29, 0.717) is 5.39 Å². The van der Waals surface area contributed by atoms with Gasteiger partial charge in [0.25, 0.3) is 0 Å². The van der Waals surface area contributed by atoms with Gasteiger partial charge in [0.05, 0.1) is 13.2 Å². The minimum atomic E-state index is -4.70. The second-order valence-corrected chi connectivity index (χ2v) is 9.99. The van der Waals surface area contributed by atoms with Gasteiger partial charge in [-0.25, -0.2) is 0 Å². The third kappa shape index (κ3) is 5.15. The molecular weight excluding hydrogens is 485 g/mol. The van der Waals surface area contributed by atoms with Crippen LogP contribution in [0.4, 0.5) is 8.78 Å². The summed E-state index contributed by atoms with van der Waals surface area (Å²) >= 11 is 3.21. The lowest BCUT2D eigenvalue weighted by molar-refractivity contribution is 0.0356. The zero-order valence-corrected chi connectivity index (χ0v) is 20.1. The van der Waals surface area contributed by atoms with E-state index < -0.39 is 18.8 Å². The van der Waals surface area contributed by atoms with Gasteiger partial charge in [-0.1, -0.05) is 70.0 Å². The molecule has 0 atom stereocenters. The molecule has 0 aromatic heterocycles. The van der Waals surface area contributed by atoms with Crippen molar-refractivity contribution in [3.05, 3.63) is 81.3 Å². The highest BCUT2D eigenvalue weighted by Gasteiger charge is 2.55. The number of hydrogen-bond acceptors (Lipinski definition) is 3. The van der Waals surface area contributed by atoms with Gasteiger partial charge in [-0.2, -0.15) is 8.78 Å². The maximum atomic E-state index is 15.3. The maximum Gasteiger partial charge on any atom is 0.404 e. The summed E-state index contributed by atoms with van der Waals surface area (Å²) in [5.41, 5.74) is -1.16. The first-order valence-corrected chi connectivity index (χ1v) is 12.3. The van der Waals surface area contributed by atoms with Crippen molar-refractivity contribution in [2.24, 2.45) is 0 Å². The van der Waals surface area contributed by atoms with Crippen LogP contribution in [0.25, 0.3) is 22.9 Å². The van der Waals surface area contributed by atoms with Gasteiger partial charge in [0.1, 0.15) is 0 Å². The molecular formula is C24H24BrF2O3P. The number of fused-ring (bicyclic) bond motifs is 1. The number of halogens is 3. The smallest absolute Gasteiger partial charge is 0.304 e. The summed E-state index contributed by atoms with van der Waals surface area (Å²) in [5.74, 6) is 0. The van der Waals surface area contributed by atoms with Crippen molar-refractivity contribution in [3.8, 4) is 0 Å². The summed E-state index contributed by atoms with van der Waals surface area (Å²) in [6.07, 6.45) is 3.90. The third-order valence-electron chi connectivity index (χ3n) is 4.73. The quantitative estimate of drug-likeness (QED) is 0.226. The van der Waals surface area contributed by atoms with Crippen LogP contribution >= 0.6 is 23.5 Å². The largest absolute Gasteiger partial charge is 0.404 e. The summed E-state index contributed by atoms with van der Waals surface area (Å²) in [6.45, 7) is 4.74. The first-order chi connectivity index (χ1) is 14.7. The molecule has 31 heavy (non-hydrogen) atoms. The van der Waals surface area contributed by atoms with Gasteiger partial charge in [0, 0.05) is 10.0 Å². The SMILES string of the molecule is CCOP(=O)(OCC)C(F)(F)c1cc2cc(/C=C/c3cccc(C)c3)ccc2cc1Br. The fraction of sp³-hybridized carbons (Fsp3) is 0.250. The van der Waals surface area contributed by atoms with Gasteiger partial charge < -0.3 is 9.05 Å². The van der Waals surface area contributed by atoms with Crippen LogP contribution < -0.4 is 0 Å². The van der Waals surface area contributed by atoms with Crippen molar-refractivity contribution in [2.75, 3.05) is 13.2 Å². The molecule has 0 saturated heterocycles. The number of aryl methyl sites for hydroxylation is 1. The van der Waals surface area contributed by atoms with E-state index in [4.69, 9.17) is 9.05 Å². The highest BCUT2D eigenvalue weighted by molar-refractivity contribution is 9.10. The highest BCUT2D eigenvalue weighted by atomic mass is 79.9. The van der Waals surface area contributed by atoms with Crippen molar-refractivity contribution in [1.82, 2.24) is 0 Å². The van der Waals surface area contributed by atoms with Crippen LogP contribution in [0, 0.1) is 6.92 Å². The van der Waals surface area contributed by atoms with Gasteiger partial charge in [-0.3, -0.25) is 4.57 Å². The van der Waals surface area contributed by atoms with E-state index in [1.54, 1.807) is 6.07 Å². The van der Waals surface area contributed by atoms with E-state index >= 15 is 8.78 Å². The van der Waals surface area contributed by atoms with Gasteiger partial charge in [-0.05, 0) is 60.9 Å². The Bertz CT molecular complexity index is 1150. The number of benzene rings is 3. The number of alkyl halides is 2. The van der Waals surface area contributed by atoms with Gasteiger partial charge in [0.15, 0.2) is 0 Å². The lowest BCUT2D eigenvalue weighted by Gasteiger charge is -2.27. The molecule has 0 aliphatic rings. The Labute approximate surface area is 189 Å². The molecule has 0 spiro atoms. The predicted octanol–water partition coefficient (Wildman–Crippen LogP) is 8.40. The van der Waals surface area contributed by atoms with Crippen LogP contribution in [-0.2, 0) is 19.3 Å². The first kappa shape index (κ1) is 23.8. The van der Waals surface area contributed by atoms with Crippen LogP contribution in [0.1, 0.15) is 36.1 Å². The Morgan fingerprint density at radius 1 is 0.935 bits per heavy atom. The van der Waals surface area contributed by atoms with E-state index in [1.807, 2.05) is 55.5 Å². The molecule has 0 N–H and O–H groups in total. The average Bonchev–Trinajstić information content (AvgIpc) is 2.72. The molecule has 0 saturated carbocycles. The second-order valence-electron chi connectivity index (χ2n) is 7.06. The van der Waals surface area contributed by atoms with Crippen LogP contribution in [0.3, 0.4) is 0 Å². The Balaban J connectivity index is 2.04. The molecule has 0 heterocycles. The lowest BCUT2D eigenvalue weighted by Crippen LogP contribution is -2.19. The molecule has 0 aliphatic carbocycles. The van der Waals surface area contributed by atoms with Crippen molar-refractivity contribution in [2.45, 2.75) is 26.4 Å². The molecule has 0 unspecified atom stereocenters. The topological polar surface area (TPSA) is 35.5 Å². The monoisotopic (exact) mass is 508 g/mol. The Kier molecular flexibility index (Phi) is 7.48. The number of hydrogen-bond donors (Lipinski definition) is 0. The van der Waals surface area contributed by atoms with Crippen LogP contribution in [-0.4, -0.2) is 13.2 Å². The predicted molar refractivity (Wildman–Crippen MR) is 127 cm³/mol. The molecule has 0 amide bonds. The second kappa shape index (κ2) is 9.74. The Hall–Kier alpha value is -1.85. The van der Waals surface area contributed by atoms with Gasteiger partial charge in [-0.15, -0.1) is 0 Å². The fourth-order valence-corrected chi connectivity index (χ4v) is 5.60. The average molecular weight is 509 g/mol. The van der Waals surface area contributed by atoms with Crippen molar-refractivity contribution in [3.63, 3.8) is 0 Å². The van der Waals surface area contributed by atoms with Crippen LogP contribution in [0.15, 0.2) is 59.1 Å². The molecule has 0 fully saturated rings. The molecule has 3 nitrogen and oxygen atoms in total. The third-order valence-corrected chi connectivity index (χ3v) is 7.51. The summed E-state index contributed by atoms with van der Waals surface area (Å²) < 4.78 is 53.5. The van der Waals surface area contributed by atoms with E-state index in [0.717, 1.165) is 22.1 Å². The lowest BCUT2D eigenvalue weighted by atomic mass is 10.0. The summed E-state index contributed by atoms with van der Waals surface area (Å²) in [4.78, 5) is 0. The van der Waals surface area contributed by atoms with Gasteiger partial charge in [0.2, 0.25) is 0 Å². The normalized spacial score (nSPS) is 12.7. The Morgan fingerprint density at radius 3 is 2.19 bits per heavy atom. The van der Waals surface area contributed by atoms with Crippen LogP contribution in [0.2, 0.25) is 0 Å². The molecule has 7 heteroatoms. The molecule has 3 rings (SSSR count). The summed E-state index contributed by atoms with van der Waals surface area (Å²) in [7, 11) is -4.70. The first-order valence-electron chi connectivity index (χ1n) is 9.95. The molecule has 0 bridgehead atoms. The minimum absolute atomic E-state index is 0.146. The van der Waals surface area contributed by atoms with Crippen molar-refractivity contribution >= 4 is 46.5 Å². The molecule has 164 valence electrons. The Morgan fingerprint density at radius 2 is 1.58 bits per heavy atom. The zero-order valence-electron chi connectivity index (χ0n) is 17.6. The molecule has 3 aromatic carbocycles. The fourth-order valence-electron chi connectivity index (χ4n) is 3.28. The maximum absolute atomic E-state index is 15.3. The standard InChI is InChI=1S/C24H24BrF2O3P/c1-4-29-31(28,30-5-2)24(26,27)22-15-21-14-19(11-12-20(21)16-23(22)25)10-9-18-8-6-7-17(3)13-18/h6-16H,4-5H2,1-3H3/b10-9+. The van der Waals surface area contributed by atoms with E-state index in [9.17, 15) is 4.57 Å². The number of rotatable bonds is 8. The zero-order chi connectivity index (χ0) is 22.6. The summed E-state index contributed by atoms with van der Waals surface area (Å²) in [5, 5.41) is 1.38. The van der Waals surface area contributed by atoms with E-state index in [-0.39, 0.29) is 17.7 Å². The van der Waals surface area contributed by atoms with E-state index in [2.05, 4.69) is 22.0 Å². The highest BCUT2D eigenvalue weighted by Crippen LogP contribution is 2.67. The van der Waals surface area contributed by atoms with Crippen molar-refractivity contribution < 1.29 is 22.4 Å².